The van der Waals surface area contributed by atoms with Crippen molar-refractivity contribution in [1.82, 2.24) is 4.90 Å². The maximum Gasteiger partial charge on any atom is 0.290 e. The second-order valence-electron chi connectivity index (χ2n) is 2.84. The molecule has 12 heavy (non-hydrogen) atoms. The highest BCUT2D eigenvalue weighted by Crippen LogP contribution is 2.26. The lowest BCUT2D eigenvalue weighted by Crippen LogP contribution is -2.15. The fourth-order valence-electron chi connectivity index (χ4n) is 1.72. The number of carboxylic acid groups (broad SMARTS) is 1. The number of nitrogens with zero attached hydrogens (tertiary/aromatic N) is 1. The minimum atomic E-state index is -1.58. The topological polar surface area (TPSA) is 40.5 Å². The molecule has 0 aliphatic carbocycles. The maximum absolute atomic E-state index is 8.67. The number of fused-ring (bicyclic) bond motifs is 2. The van der Waals surface area contributed by atoms with Crippen LogP contribution in [0.3, 0.4) is 0 Å². The summed E-state index contributed by atoms with van der Waals surface area (Å²) in [5.74, 6) is 1.10. The van der Waals surface area contributed by atoms with Gasteiger partial charge in [0.1, 0.15) is 0 Å². The third-order valence-electron chi connectivity index (χ3n) is 2.22. The van der Waals surface area contributed by atoms with Crippen LogP contribution in [0.25, 0.3) is 0 Å². The van der Waals surface area contributed by atoms with E-state index in [0.29, 0.717) is 0 Å². The van der Waals surface area contributed by atoms with Gasteiger partial charge < -0.3 is 10.0 Å². The fourth-order valence-corrected chi connectivity index (χ4v) is 1.72. The van der Waals surface area contributed by atoms with Crippen molar-refractivity contribution >= 4 is 6.45 Å². The van der Waals surface area contributed by atoms with Crippen molar-refractivity contribution in [2.75, 3.05) is 19.6 Å². The molecule has 2 aliphatic heterocycles. The van der Waals surface area contributed by atoms with E-state index in [4.69, 9.17) is 11.3 Å². The Morgan fingerprint density at radius 2 is 1.92 bits per heavy atom. The maximum atomic E-state index is 8.67. The van der Waals surface area contributed by atoms with E-state index < -0.39 is 6.45 Å². The van der Waals surface area contributed by atoms with Gasteiger partial charge in [0.25, 0.3) is 6.45 Å². The zero-order valence-electron chi connectivity index (χ0n) is 8.92. The first-order valence-electron chi connectivity index (χ1n) is 5.10. The van der Waals surface area contributed by atoms with Crippen LogP contribution in [-0.2, 0) is 4.79 Å². The summed E-state index contributed by atoms with van der Waals surface area (Å²) in [6.07, 6.45) is 1.39. The molecule has 0 saturated carbocycles. The molecule has 2 heterocycles. The fraction of sp³-hybridized carbons (Fsp3) is 0.889. The SMILES string of the molecule is C1CN2CCC1C2.CC.[2H]C(=O)O. The Kier molecular flexibility index (Phi) is 5.63. The molecule has 1 N–H and O–H groups in total. The number of rotatable bonds is 0. The van der Waals surface area contributed by atoms with Crippen molar-refractivity contribution in [3.8, 4) is 0 Å². The Morgan fingerprint density at radius 1 is 1.50 bits per heavy atom. The normalized spacial score (nSPS) is 30.7. The molecule has 2 fully saturated rings. The first-order valence-corrected chi connectivity index (χ1v) is 4.60. The van der Waals surface area contributed by atoms with Crippen LogP contribution in [0.4, 0.5) is 0 Å². The van der Waals surface area contributed by atoms with E-state index in [9.17, 15) is 0 Å². The molecule has 0 aromatic rings. The summed E-state index contributed by atoms with van der Waals surface area (Å²) in [4.78, 5) is 11.2. The van der Waals surface area contributed by atoms with E-state index in [0.717, 1.165) is 5.92 Å². The summed E-state index contributed by atoms with van der Waals surface area (Å²) in [6.45, 7) is 8.20. The number of carbonyl (C=O) groups is 1. The van der Waals surface area contributed by atoms with Crippen LogP contribution in [0.5, 0.6) is 0 Å². The van der Waals surface area contributed by atoms with Crippen LogP contribution < -0.4 is 0 Å². The Bertz CT molecular complexity index is 131. The molecule has 72 valence electrons. The van der Waals surface area contributed by atoms with E-state index in [-0.39, 0.29) is 0 Å². The smallest absolute Gasteiger partial charge is 0.290 e. The molecular formula is C9H19NO2. The molecule has 0 aromatic carbocycles. The molecule has 3 heteroatoms. The molecule has 0 radical (unpaired) electrons. The van der Waals surface area contributed by atoms with Gasteiger partial charge in [-0.2, -0.15) is 0 Å². The van der Waals surface area contributed by atoms with E-state index in [2.05, 4.69) is 4.90 Å². The third-order valence-corrected chi connectivity index (χ3v) is 2.22. The van der Waals surface area contributed by atoms with E-state index >= 15 is 0 Å². The van der Waals surface area contributed by atoms with Crippen molar-refractivity contribution in [1.29, 1.82) is 0 Å². The van der Waals surface area contributed by atoms with Crippen molar-refractivity contribution < 1.29 is 11.3 Å². The molecule has 0 spiro atoms. The molecule has 3 nitrogen and oxygen atoms in total. The minimum absolute atomic E-state index is 1.10. The average Bonchev–Trinajstić information content (AvgIpc) is 2.69. The zero-order chi connectivity index (χ0) is 10.3. The molecule has 0 aromatic heterocycles. The third kappa shape index (κ3) is 3.72. The van der Waals surface area contributed by atoms with Gasteiger partial charge in [-0.3, -0.25) is 4.79 Å². The van der Waals surface area contributed by atoms with Gasteiger partial charge in [0.15, 0.2) is 1.37 Å². The quantitative estimate of drug-likeness (QED) is 0.565. The highest BCUT2D eigenvalue weighted by molar-refractivity contribution is 5.32. The van der Waals surface area contributed by atoms with Gasteiger partial charge in [-0.25, -0.2) is 0 Å². The highest BCUT2D eigenvalue weighted by Gasteiger charge is 2.28. The van der Waals surface area contributed by atoms with Crippen LogP contribution in [0, 0.1) is 5.92 Å². The summed E-state index contributed by atoms with van der Waals surface area (Å²) in [5.41, 5.74) is 0. The van der Waals surface area contributed by atoms with Gasteiger partial charge in [-0.05, 0) is 31.8 Å². The molecule has 0 atom stereocenters. The standard InChI is InChI=1S/C6H11N.C2H6.CH2O2/c1-3-7-4-2-6(1)5-7;1-2;2-1-3/h6H,1-5H2;1-2H3;1H,(H,2,3)/i;;1D. The monoisotopic (exact) mass is 174 g/mol. The van der Waals surface area contributed by atoms with Crippen LogP contribution in [0.15, 0.2) is 0 Å². The second kappa shape index (κ2) is 7.10. The molecule has 2 saturated heterocycles. The van der Waals surface area contributed by atoms with Crippen molar-refractivity contribution in [2.45, 2.75) is 26.7 Å². The first kappa shape index (κ1) is 9.52. The van der Waals surface area contributed by atoms with E-state index in [1.807, 2.05) is 13.8 Å². The first-order chi connectivity index (χ1) is 6.18. The molecule has 0 unspecified atom stereocenters. The Morgan fingerprint density at radius 3 is 2.00 bits per heavy atom. The second-order valence-corrected chi connectivity index (χ2v) is 2.84. The summed E-state index contributed by atoms with van der Waals surface area (Å²) in [6, 6.07) is 0. The van der Waals surface area contributed by atoms with Gasteiger partial charge in [0, 0.05) is 6.54 Å². The lowest BCUT2D eigenvalue weighted by molar-refractivity contribution is -0.122. The summed E-state index contributed by atoms with van der Waals surface area (Å²) in [7, 11) is 0. The Labute approximate surface area is 75.8 Å². The van der Waals surface area contributed by atoms with Crippen LogP contribution in [0.2, 0.25) is 0 Å². The molecule has 2 bridgehead atoms. The van der Waals surface area contributed by atoms with Crippen molar-refractivity contribution in [3.63, 3.8) is 0 Å². The Hall–Kier alpha value is -0.570. The highest BCUT2D eigenvalue weighted by atomic mass is 16.3. The van der Waals surface area contributed by atoms with Crippen LogP contribution in [0.1, 0.15) is 28.1 Å². The molecule has 2 aliphatic rings. The van der Waals surface area contributed by atoms with Crippen molar-refractivity contribution in [3.05, 3.63) is 0 Å². The van der Waals surface area contributed by atoms with Crippen LogP contribution in [-0.4, -0.2) is 36.1 Å². The number of hydrogen-bond acceptors (Lipinski definition) is 2. The average molecular weight is 174 g/mol. The summed E-state index contributed by atoms with van der Waals surface area (Å²) >= 11 is 0. The predicted octanol–water partition coefficient (Wildman–Crippen LogP) is 1.44. The lowest BCUT2D eigenvalue weighted by atomic mass is 10.1. The van der Waals surface area contributed by atoms with Gasteiger partial charge in [-0.1, -0.05) is 13.8 Å². The summed E-state index contributed by atoms with van der Waals surface area (Å²) in [5, 5.41) is 7.08. The van der Waals surface area contributed by atoms with E-state index in [1.54, 1.807) is 0 Å². The predicted molar refractivity (Wildman–Crippen MR) is 49.2 cm³/mol. The molecule has 0 amide bonds. The summed E-state index contributed by atoms with van der Waals surface area (Å²) < 4.78 is 5.50. The van der Waals surface area contributed by atoms with Crippen LogP contribution >= 0.6 is 0 Å². The van der Waals surface area contributed by atoms with Gasteiger partial charge in [0.05, 0.1) is 0 Å². The van der Waals surface area contributed by atoms with E-state index in [1.165, 1.54) is 32.5 Å². The van der Waals surface area contributed by atoms with Gasteiger partial charge in [-0.15, -0.1) is 0 Å². The van der Waals surface area contributed by atoms with Crippen molar-refractivity contribution in [2.24, 2.45) is 5.92 Å². The van der Waals surface area contributed by atoms with Gasteiger partial charge in [0.2, 0.25) is 0 Å². The molecule has 2 rings (SSSR count). The largest absolute Gasteiger partial charge is 0.483 e. The number of hydrogen-bond donors (Lipinski definition) is 1. The minimum Gasteiger partial charge on any atom is -0.483 e. The zero-order valence-corrected chi connectivity index (χ0v) is 7.92. The number of piperidine rings is 1. The van der Waals surface area contributed by atoms with Gasteiger partial charge >= 0.3 is 0 Å². The molecular weight excluding hydrogens is 154 g/mol. The lowest BCUT2D eigenvalue weighted by Gasteiger charge is -2.09. The Balaban J connectivity index is 0.000000211.